The summed E-state index contributed by atoms with van der Waals surface area (Å²) in [6.07, 6.45) is 0. The van der Waals surface area contributed by atoms with Gasteiger partial charge in [-0.05, 0) is 16.6 Å². The van der Waals surface area contributed by atoms with Gasteiger partial charge in [0.05, 0.1) is 10.2 Å². The van der Waals surface area contributed by atoms with Crippen LogP contribution in [0.4, 0.5) is 0 Å². The Morgan fingerprint density at radius 3 is 2.28 bits per heavy atom. The van der Waals surface area contributed by atoms with Crippen LogP contribution in [0.2, 0.25) is 0 Å². The van der Waals surface area contributed by atoms with Gasteiger partial charge in [0.2, 0.25) is 0 Å². The largest absolute Gasteiger partial charge is 0.489 e. The van der Waals surface area contributed by atoms with Crippen LogP contribution >= 0.6 is 0 Å². The van der Waals surface area contributed by atoms with Crippen LogP contribution in [0.1, 0.15) is 15.9 Å². The number of fused-ring (bicyclic) bond motifs is 3. The zero-order chi connectivity index (χ0) is 12.9. The van der Waals surface area contributed by atoms with Gasteiger partial charge in [-0.15, -0.1) is 0 Å². The van der Waals surface area contributed by atoms with Crippen molar-refractivity contribution >= 4 is 33.8 Å². The molecule has 0 spiro atoms. The van der Waals surface area contributed by atoms with Crippen LogP contribution in [0.15, 0.2) is 36.4 Å². The fourth-order valence-corrected chi connectivity index (χ4v) is 2.74. The number of hydrogen-bond donors (Lipinski definition) is 2. The maximum Gasteiger partial charge on any atom is 0.489 e. The number of ketones is 1. The Morgan fingerprint density at radius 1 is 0.944 bits per heavy atom. The van der Waals surface area contributed by atoms with E-state index >= 15 is 0 Å². The summed E-state index contributed by atoms with van der Waals surface area (Å²) in [5, 5.41) is 19.4. The molecular weight excluding hydrogens is 243 g/mol. The molecule has 85 valence electrons. The van der Waals surface area contributed by atoms with Crippen molar-refractivity contribution in [1.82, 2.24) is 0 Å². The third-order valence-corrected chi connectivity index (χ3v) is 3.63. The lowest BCUT2D eigenvalue weighted by Gasteiger charge is -2.10. The molecule has 2 aromatic carbocycles. The van der Waals surface area contributed by atoms with Crippen LogP contribution in [-0.4, -0.2) is 33.2 Å². The van der Waals surface area contributed by atoms with Crippen LogP contribution in [0, 0.1) is 0 Å². The lowest BCUT2D eigenvalue weighted by molar-refractivity contribution is 0.104. The summed E-state index contributed by atoms with van der Waals surface area (Å²) in [4.78, 5) is 12.3. The average Bonchev–Trinajstić information content (AvgIpc) is 2.63. The third kappa shape index (κ3) is 1.42. The van der Waals surface area contributed by atoms with E-state index in [1.165, 1.54) is 0 Å². The van der Waals surface area contributed by atoms with E-state index in [0.29, 0.717) is 16.3 Å². The minimum atomic E-state index is -1.68. The molecule has 0 bridgehead atoms. The van der Waals surface area contributed by atoms with E-state index in [4.69, 9.17) is 0 Å². The molecule has 0 saturated heterocycles. The van der Waals surface area contributed by atoms with Crippen molar-refractivity contribution in [3.8, 4) is 11.1 Å². The van der Waals surface area contributed by atoms with Gasteiger partial charge in [-0.1, -0.05) is 41.6 Å². The van der Waals surface area contributed by atoms with E-state index in [9.17, 15) is 14.8 Å². The number of benzene rings is 2. The minimum Gasteiger partial charge on any atom is -0.423 e. The molecule has 0 unspecified atom stereocenters. The summed E-state index contributed by atoms with van der Waals surface area (Å²) < 4.78 is 0. The van der Waals surface area contributed by atoms with Crippen molar-refractivity contribution in [3.05, 3.63) is 47.5 Å². The molecule has 0 atom stereocenters. The first-order chi connectivity index (χ1) is 8.61. The highest BCUT2D eigenvalue weighted by Gasteiger charge is 2.32. The minimum absolute atomic E-state index is 0.163. The van der Waals surface area contributed by atoms with Crippen LogP contribution in [0.3, 0.4) is 0 Å². The van der Waals surface area contributed by atoms with Crippen LogP contribution in [0.5, 0.6) is 0 Å². The molecule has 1 aliphatic carbocycles. The number of carbonyl (C=O) groups excluding carboxylic acids is 1. The summed E-state index contributed by atoms with van der Waals surface area (Å²) in [7, 11) is 1.63. The molecule has 0 aliphatic heterocycles. The Hall–Kier alpha value is -1.69. The molecular formula is C13H8BO3Si. The summed E-state index contributed by atoms with van der Waals surface area (Å²) >= 11 is 0. The molecule has 0 heterocycles. The predicted octanol–water partition coefficient (Wildman–Crippen LogP) is -0.628. The summed E-state index contributed by atoms with van der Waals surface area (Å²) in [6.45, 7) is 0. The van der Waals surface area contributed by atoms with Gasteiger partial charge in [0.1, 0.15) is 0 Å². The lowest BCUT2D eigenvalue weighted by Crippen LogP contribution is -2.44. The van der Waals surface area contributed by atoms with Gasteiger partial charge in [0.25, 0.3) is 0 Å². The third-order valence-electron chi connectivity index (χ3n) is 3.19. The quantitative estimate of drug-likeness (QED) is 0.566. The molecule has 2 aromatic rings. The van der Waals surface area contributed by atoms with Gasteiger partial charge in [-0.3, -0.25) is 4.79 Å². The standard InChI is InChI=1S/C13H8BO3Si/c15-13-9-4-2-1-3-7(9)8-5-6-10(18)12(11(8)13)14(16)17/h1-6,16-17H. The van der Waals surface area contributed by atoms with Crippen LogP contribution < -0.4 is 10.6 Å². The van der Waals surface area contributed by atoms with E-state index in [1.807, 2.05) is 18.2 Å². The number of hydrogen-bond acceptors (Lipinski definition) is 3. The molecule has 0 saturated carbocycles. The first kappa shape index (κ1) is 11.4. The fourth-order valence-electron chi connectivity index (χ4n) is 2.41. The van der Waals surface area contributed by atoms with E-state index < -0.39 is 7.12 Å². The highest BCUT2D eigenvalue weighted by molar-refractivity contribution is 6.67. The van der Waals surface area contributed by atoms with Gasteiger partial charge in [-0.25, -0.2) is 0 Å². The van der Waals surface area contributed by atoms with Crippen molar-refractivity contribution in [2.75, 3.05) is 0 Å². The first-order valence-corrected chi connectivity index (χ1v) is 6.00. The van der Waals surface area contributed by atoms with Crippen molar-refractivity contribution in [2.45, 2.75) is 0 Å². The van der Waals surface area contributed by atoms with E-state index in [1.54, 1.807) is 18.2 Å². The Bertz CT molecular complexity index is 667. The number of rotatable bonds is 1. The molecule has 3 rings (SSSR count). The maximum absolute atomic E-state index is 12.3. The van der Waals surface area contributed by atoms with Crippen molar-refractivity contribution < 1.29 is 14.8 Å². The molecule has 3 nitrogen and oxygen atoms in total. The first-order valence-electron chi connectivity index (χ1n) is 5.50. The van der Waals surface area contributed by atoms with Crippen LogP contribution in [0.25, 0.3) is 11.1 Å². The van der Waals surface area contributed by atoms with Gasteiger partial charge in [0.15, 0.2) is 5.78 Å². The Morgan fingerprint density at radius 2 is 1.61 bits per heavy atom. The zero-order valence-corrected chi connectivity index (χ0v) is 10.3. The van der Waals surface area contributed by atoms with Gasteiger partial charge < -0.3 is 10.0 Å². The lowest BCUT2D eigenvalue weighted by atomic mass is 9.75. The topological polar surface area (TPSA) is 57.5 Å². The fraction of sp³-hybridized carbons (Fsp3) is 0. The molecule has 0 amide bonds. The molecule has 1 aliphatic rings. The van der Waals surface area contributed by atoms with Crippen molar-refractivity contribution in [1.29, 1.82) is 0 Å². The molecule has 18 heavy (non-hydrogen) atoms. The second-order valence-electron chi connectivity index (χ2n) is 4.20. The number of carbonyl (C=O) groups is 1. The second-order valence-corrected chi connectivity index (χ2v) is 4.74. The summed E-state index contributed by atoms with van der Waals surface area (Å²) in [6, 6.07) is 10.8. The van der Waals surface area contributed by atoms with Crippen molar-refractivity contribution in [3.63, 3.8) is 0 Å². The Kier molecular flexibility index (Phi) is 2.48. The smallest absolute Gasteiger partial charge is 0.423 e. The monoisotopic (exact) mass is 251 g/mol. The van der Waals surface area contributed by atoms with E-state index in [0.717, 1.165) is 11.1 Å². The van der Waals surface area contributed by atoms with Gasteiger partial charge in [0, 0.05) is 11.1 Å². The Balaban J connectivity index is 2.38. The van der Waals surface area contributed by atoms with Gasteiger partial charge >= 0.3 is 7.12 Å². The second kappa shape index (κ2) is 3.91. The maximum atomic E-state index is 12.3. The van der Waals surface area contributed by atoms with Crippen LogP contribution in [-0.2, 0) is 0 Å². The van der Waals surface area contributed by atoms with Gasteiger partial charge in [-0.2, -0.15) is 0 Å². The zero-order valence-electron chi connectivity index (χ0n) is 9.34. The summed E-state index contributed by atoms with van der Waals surface area (Å²) in [5.74, 6) is -0.163. The SMILES string of the molecule is O=C1c2ccccc2-c2ccc([Si])c(B(O)O)c21. The van der Waals surface area contributed by atoms with E-state index in [-0.39, 0.29) is 11.2 Å². The normalized spacial score (nSPS) is 12.3. The average molecular weight is 251 g/mol. The molecule has 2 N–H and O–H groups in total. The Labute approximate surface area is 108 Å². The summed E-state index contributed by atoms with van der Waals surface area (Å²) in [5.41, 5.74) is 2.79. The molecule has 5 heteroatoms. The molecule has 0 aromatic heterocycles. The highest BCUT2D eigenvalue weighted by atomic mass is 28.1. The molecule has 0 fully saturated rings. The molecule has 3 radical (unpaired) electrons. The highest BCUT2D eigenvalue weighted by Crippen LogP contribution is 2.34. The predicted molar refractivity (Wildman–Crippen MR) is 70.5 cm³/mol. The van der Waals surface area contributed by atoms with Crippen molar-refractivity contribution in [2.24, 2.45) is 0 Å². The van der Waals surface area contributed by atoms with E-state index in [2.05, 4.69) is 10.2 Å².